The van der Waals surface area contributed by atoms with Crippen LogP contribution < -0.4 is 5.73 Å². The molecule has 0 bridgehead atoms. The number of hydrogen-bond acceptors (Lipinski definition) is 2. The van der Waals surface area contributed by atoms with Crippen molar-refractivity contribution in [3.8, 4) is 5.69 Å². The molecule has 0 amide bonds. The van der Waals surface area contributed by atoms with Gasteiger partial charge in [0.05, 0.1) is 12.0 Å². The molecule has 1 aromatic carbocycles. The van der Waals surface area contributed by atoms with Crippen LogP contribution in [0.1, 0.15) is 48.7 Å². The molecule has 3 nitrogen and oxygen atoms in total. The highest BCUT2D eigenvalue weighted by atomic mass is 15.1. The van der Waals surface area contributed by atoms with Crippen LogP contribution in [0.2, 0.25) is 0 Å². The Hall–Kier alpha value is -1.61. The lowest BCUT2D eigenvalue weighted by atomic mass is 9.99. The summed E-state index contributed by atoms with van der Waals surface area (Å²) in [6, 6.07) is 6.96. The van der Waals surface area contributed by atoms with Crippen molar-refractivity contribution < 1.29 is 0 Å². The number of imidazole rings is 1. The number of rotatable bonds is 4. The summed E-state index contributed by atoms with van der Waals surface area (Å²) in [5, 5.41) is 0. The summed E-state index contributed by atoms with van der Waals surface area (Å²) in [6.45, 7) is 4.32. The number of nitrogens with two attached hydrogens (primary N) is 1. The third kappa shape index (κ3) is 2.88. The Morgan fingerprint density at radius 3 is 2.90 bits per heavy atom. The van der Waals surface area contributed by atoms with Gasteiger partial charge in [0, 0.05) is 17.4 Å². The SMILES string of the molecule is CCC(N)Cc1ccc(C)c(-n2cnc3c2CCCC3)c1. The minimum absolute atomic E-state index is 0.247. The van der Waals surface area contributed by atoms with Gasteiger partial charge in [0.1, 0.15) is 0 Å². The molecular weight excluding hydrogens is 258 g/mol. The van der Waals surface area contributed by atoms with E-state index < -0.39 is 0 Å². The molecule has 2 N–H and O–H groups in total. The zero-order chi connectivity index (χ0) is 14.8. The largest absolute Gasteiger partial charge is 0.327 e. The summed E-state index contributed by atoms with van der Waals surface area (Å²) in [4.78, 5) is 4.62. The molecule has 3 heteroatoms. The Balaban J connectivity index is 1.97. The molecule has 0 aliphatic heterocycles. The van der Waals surface area contributed by atoms with Gasteiger partial charge < -0.3 is 10.3 Å². The quantitative estimate of drug-likeness (QED) is 0.935. The maximum Gasteiger partial charge on any atom is 0.0997 e. The predicted octanol–water partition coefficient (Wildman–Crippen LogP) is 3.34. The van der Waals surface area contributed by atoms with E-state index >= 15 is 0 Å². The molecule has 3 rings (SSSR count). The van der Waals surface area contributed by atoms with E-state index in [-0.39, 0.29) is 6.04 Å². The molecule has 0 saturated carbocycles. The Morgan fingerprint density at radius 2 is 2.10 bits per heavy atom. The van der Waals surface area contributed by atoms with Crippen LogP contribution in [-0.4, -0.2) is 15.6 Å². The first-order valence-electron chi connectivity index (χ1n) is 8.09. The monoisotopic (exact) mass is 283 g/mol. The number of aromatic nitrogens is 2. The van der Waals surface area contributed by atoms with Crippen molar-refractivity contribution in [2.75, 3.05) is 0 Å². The minimum atomic E-state index is 0.247. The standard InChI is InChI=1S/C18H25N3/c1-3-15(19)10-14-9-8-13(2)18(11-14)21-12-20-16-6-4-5-7-17(16)21/h8-9,11-12,15H,3-7,10,19H2,1-2H3. The lowest BCUT2D eigenvalue weighted by Gasteiger charge is -2.17. The zero-order valence-electron chi connectivity index (χ0n) is 13.1. The summed E-state index contributed by atoms with van der Waals surface area (Å²) in [5.41, 5.74) is 12.7. The number of aryl methyl sites for hydroxylation is 2. The highest BCUT2D eigenvalue weighted by Gasteiger charge is 2.17. The van der Waals surface area contributed by atoms with Crippen LogP contribution in [-0.2, 0) is 19.3 Å². The second-order valence-electron chi connectivity index (χ2n) is 6.21. The van der Waals surface area contributed by atoms with Crippen LogP contribution in [0.15, 0.2) is 24.5 Å². The number of benzene rings is 1. The lowest BCUT2D eigenvalue weighted by Crippen LogP contribution is -2.21. The average molecular weight is 283 g/mol. The fraction of sp³-hybridized carbons (Fsp3) is 0.500. The number of fused-ring (bicyclic) bond motifs is 1. The first kappa shape index (κ1) is 14.3. The van der Waals surface area contributed by atoms with Crippen LogP contribution in [0.5, 0.6) is 0 Å². The molecular formula is C18H25N3. The van der Waals surface area contributed by atoms with E-state index in [1.165, 1.54) is 41.0 Å². The highest BCUT2D eigenvalue weighted by molar-refractivity contribution is 5.45. The molecule has 1 heterocycles. The van der Waals surface area contributed by atoms with Crippen molar-refractivity contribution >= 4 is 0 Å². The smallest absolute Gasteiger partial charge is 0.0997 e. The normalized spacial score (nSPS) is 15.8. The van der Waals surface area contributed by atoms with E-state index in [1.807, 2.05) is 6.33 Å². The molecule has 0 saturated heterocycles. The van der Waals surface area contributed by atoms with Crippen molar-refractivity contribution in [3.63, 3.8) is 0 Å². The van der Waals surface area contributed by atoms with Gasteiger partial charge >= 0.3 is 0 Å². The van der Waals surface area contributed by atoms with Crippen molar-refractivity contribution in [1.29, 1.82) is 0 Å². The molecule has 1 unspecified atom stereocenters. The van der Waals surface area contributed by atoms with Crippen LogP contribution in [0.3, 0.4) is 0 Å². The Bertz CT molecular complexity index is 627. The zero-order valence-corrected chi connectivity index (χ0v) is 13.1. The van der Waals surface area contributed by atoms with E-state index in [4.69, 9.17) is 5.73 Å². The van der Waals surface area contributed by atoms with Crippen LogP contribution in [0, 0.1) is 6.92 Å². The summed E-state index contributed by atoms with van der Waals surface area (Å²) >= 11 is 0. The van der Waals surface area contributed by atoms with E-state index in [0.29, 0.717) is 0 Å². The molecule has 1 aliphatic rings. The third-order valence-corrected chi connectivity index (χ3v) is 4.59. The number of hydrogen-bond donors (Lipinski definition) is 1. The van der Waals surface area contributed by atoms with Gasteiger partial charge in [-0.1, -0.05) is 19.1 Å². The van der Waals surface area contributed by atoms with Gasteiger partial charge in [-0.05, 0) is 62.6 Å². The third-order valence-electron chi connectivity index (χ3n) is 4.59. The van der Waals surface area contributed by atoms with Crippen molar-refractivity contribution in [3.05, 3.63) is 47.0 Å². The summed E-state index contributed by atoms with van der Waals surface area (Å²) in [5.74, 6) is 0. The molecule has 1 aromatic heterocycles. The molecule has 0 fully saturated rings. The second-order valence-corrected chi connectivity index (χ2v) is 6.21. The van der Waals surface area contributed by atoms with Crippen LogP contribution in [0.25, 0.3) is 5.69 Å². The summed E-state index contributed by atoms with van der Waals surface area (Å²) in [6.07, 6.45) is 8.79. The van der Waals surface area contributed by atoms with Crippen LogP contribution >= 0.6 is 0 Å². The van der Waals surface area contributed by atoms with Gasteiger partial charge in [0.15, 0.2) is 0 Å². The molecule has 1 aliphatic carbocycles. The van der Waals surface area contributed by atoms with Gasteiger partial charge in [-0.15, -0.1) is 0 Å². The minimum Gasteiger partial charge on any atom is -0.327 e. The number of nitrogens with zero attached hydrogens (tertiary/aromatic N) is 2. The van der Waals surface area contributed by atoms with E-state index in [2.05, 4.69) is 41.6 Å². The fourth-order valence-corrected chi connectivity index (χ4v) is 3.17. The summed E-state index contributed by atoms with van der Waals surface area (Å²) < 4.78 is 2.30. The second kappa shape index (κ2) is 6.02. The Labute approximate surface area is 127 Å². The van der Waals surface area contributed by atoms with Crippen molar-refractivity contribution in [2.45, 2.75) is 58.4 Å². The van der Waals surface area contributed by atoms with Gasteiger partial charge in [0.25, 0.3) is 0 Å². The first-order valence-corrected chi connectivity index (χ1v) is 8.09. The van der Waals surface area contributed by atoms with E-state index in [9.17, 15) is 0 Å². The van der Waals surface area contributed by atoms with E-state index in [0.717, 1.165) is 25.7 Å². The Morgan fingerprint density at radius 1 is 1.29 bits per heavy atom. The van der Waals surface area contributed by atoms with Gasteiger partial charge in [-0.3, -0.25) is 0 Å². The maximum atomic E-state index is 6.10. The van der Waals surface area contributed by atoms with Gasteiger partial charge in [-0.25, -0.2) is 4.98 Å². The van der Waals surface area contributed by atoms with Crippen molar-refractivity contribution in [1.82, 2.24) is 9.55 Å². The average Bonchev–Trinajstić information content (AvgIpc) is 2.93. The topological polar surface area (TPSA) is 43.8 Å². The molecule has 0 spiro atoms. The summed E-state index contributed by atoms with van der Waals surface area (Å²) in [7, 11) is 0. The lowest BCUT2D eigenvalue weighted by molar-refractivity contribution is 0.644. The maximum absolute atomic E-state index is 6.10. The molecule has 2 aromatic rings. The van der Waals surface area contributed by atoms with Gasteiger partial charge in [-0.2, -0.15) is 0 Å². The Kier molecular flexibility index (Phi) is 4.11. The predicted molar refractivity (Wildman–Crippen MR) is 86.9 cm³/mol. The molecule has 112 valence electrons. The molecule has 21 heavy (non-hydrogen) atoms. The van der Waals surface area contributed by atoms with Crippen LogP contribution in [0.4, 0.5) is 0 Å². The first-order chi connectivity index (χ1) is 10.2. The molecule has 1 atom stereocenters. The highest BCUT2D eigenvalue weighted by Crippen LogP contribution is 2.25. The molecule has 0 radical (unpaired) electrons. The fourth-order valence-electron chi connectivity index (χ4n) is 3.17. The van der Waals surface area contributed by atoms with Crippen molar-refractivity contribution in [2.24, 2.45) is 5.73 Å². The van der Waals surface area contributed by atoms with E-state index in [1.54, 1.807) is 0 Å². The van der Waals surface area contributed by atoms with Gasteiger partial charge in [0.2, 0.25) is 0 Å².